The van der Waals surface area contributed by atoms with Gasteiger partial charge in [0.05, 0.1) is 0 Å². The number of nitriles is 1. The molecule has 0 saturated carbocycles. The molecular formula is C13H18N4. The normalized spacial score (nSPS) is 10.8. The highest BCUT2D eigenvalue weighted by Gasteiger charge is 2.06. The van der Waals surface area contributed by atoms with E-state index < -0.39 is 0 Å². The molecule has 0 saturated heterocycles. The van der Waals surface area contributed by atoms with Gasteiger partial charge in [0.15, 0.2) is 0 Å². The summed E-state index contributed by atoms with van der Waals surface area (Å²) in [7, 11) is 0. The fraction of sp³-hybridized carbons (Fsp3) is 0.385. The van der Waals surface area contributed by atoms with Gasteiger partial charge in [0.2, 0.25) is 12.2 Å². The SMILES string of the molecule is CCN(CC)/C(=N\C#N)NCc1ccccc1. The molecule has 0 bridgehead atoms. The Morgan fingerprint density at radius 3 is 2.47 bits per heavy atom. The molecule has 1 rings (SSSR count). The second-order valence-corrected chi connectivity index (χ2v) is 3.55. The predicted molar refractivity (Wildman–Crippen MR) is 69.3 cm³/mol. The summed E-state index contributed by atoms with van der Waals surface area (Å²) in [4.78, 5) is 5.84. The van der Waals surface area contributed by atoms with Crippen molar-refractivity contribution in [2.24, 2.45) is 4.99 Å². The van der Waals surface area contributed by atoms with E-state index in [1.54, 1.807) is 0 Å². The number of benzene rings is 1. The lowest BCUT2D eigenvalue weighted by atomic mass is 10.2. The molecule has 0 radical (unpaired) electrons. The molecular weight excluding hydrogens is 212 g/mol. The van der Waals surface area contributed by atoms with Crippen LogP contribution in [0.25, 0.3) is 0 Å². The minimum atomic E-state index is 0.640. The van der Waals surface area contributed by atoms with Crippen LogP contribution in [0.15, 0.2) is 35.3 Å². The fourth-order valence-electron chi connectivity index (χ4n) is 1.57. The zero-order chi connectivity index (χ0) is 12.5. The van der Waals surface area contributed by atoms with Gasteiger partial charge in [0.1, 0.15) is 0 Å². The van der Waals surface area contributed by atoms with Crippen LogP contribution in [0.4, 0.5) is 0 Å². The Morgan fingerprint density at radius 2 is 1.94 bits per heavy atom. The molecule has 17 heavy (non-hydrogen) atoms. The summed E-state index contributed by atoms with van der Waals surface area (Å²) >= 11 is 0. The van der Waals surface area contributed by atoms with Crippen molar-refractivity contribution in [1.29, 1.82) is 5.26 Å². The predicted octanol–water partition coefficient (Wildman–Crippen LogP) is 1.96. The van der Waals surface area contributed by atoms with Crippen molar-refractivity contribution in [2.45, 2.75) is 20.4 Å². The van der Waals surface area contributed by atoms with E-state index in [9.17, 15) is 0 Å². The molecule has 90 valence electrons. The summed E-state index contributed by atoms with van der Waals surface area (Å²) < 4.78 is 0. The van der Waals surface area contributed by atoms with Crippen molar-refractivity contribution in [2.75, 3.05) is 13.1 Å². The Morgan fingerprint density at radius 1 is 1.29 bits per heavy atom. The van der Waals surface area contributed by atoms with Gasteiger partial charge in [-0.1, -0.05) is 30.3 Å². The van der Waals surface area contributed by atoms with E-state index in [1.807, 2.05) is 55.3 Å². The van der Waals surface area contributed by atoms with Crippen LogP contribution in [-0.2, 0) is 6.54 Å². The van der Waals surface area contributed by atoms with Crippen molar-refractivity contribution in [3.63, 3.8) is 0 Å². The molecule has 1 N–H and O–H groups in total. The van der Waals surface area contributed by atoms with Gasteiger partial charge in [-0.05, 0) is 19.4 Å². The van der Waals surface area contributed by atoms with E-state index >= 15 is 0 Å². The summed E-state index contributed by atoms with van der Waals surface area (Å²) in [5.74, 6) is 0.640. The van der Waals surface area contributed by atoms with E-state index in [1.165, 1.54) is 5.56 Å². The summed E-state index contributed by atoms with van der Waals surface area (Å²) in [5, 5.41) is 11.9. The standard InChI is InChI=1S/C13H18N4/c1-3-17(4-2)13(16-11-14)15-10-12-8-6-5-7-9-12/h5-9H,3-4,10H2,1-2H3,(H,15,16). The van der Waals surface area contributed by atoms with E-state index in [0.29, 0.717) is 12.5 Å². The van der Waals surface area contributed by atoms with E-state index in [2.05, 4.69) is 10.3 Å². The molecule has 0 aliphatic carbocycles. The Kier molecular flexibility index (Phi) is 5.59. The van der Waals surface area contributed by atoms with Gasteiger partial charge < -0.3 is 10.2 Å². The molecule has 0 fully saturated rings. The lowest BCUT2D eigenvalue weighted by Gasteiger charge is -2.22. The molecule has 0 atom stereocenters. The van der Waals surface area contributed by atoms with Crippen LogP contribution in [0.3, 0.4) is 0 Å². The van der Waals surface area contributed by atoms with Crippen molar-refractivity contribution in [3.05, 3.63) is 35.9 Å². The van der Waals surface area contributed by atoms with Crippen LogP contribution < -0.4 is 5.32 Å². The quantitative estimate of drug-likeness (QED) is 0.488. The number of hydrogen-bond acceptors (Lipinski definition) is 2. The van der Waals surface area contributed by atoms with Crippen LogP contribution in [0.5, 0.6) is 0 Å². The number of nitrogens with one attached hydrogen (secondary N) is 1. The zero-order valence-corrected chi connectivity index (χ0v) is 10.3. The van der Waals surface area contributed by atoms with Gasteiger partial charge in [-0.25, -0.2) is 0 Å². The van der Waals surface area contributed by atoms with Crippen LogP contribution in [-0.4, -0.2) is 23.9 Å². The summed E-state index contributed by atoms with van der Waals surface area (Å²) in [6.07, 6.45) is 1.84. The first-order chi connectivity index (χ1) is 8.31. The van der Waals surface area contributed by atoms with E-state index in [0.717, 1.165) is 13.1 Å². The van der Waals surface area contributed by atoms with Crippen molar-refractivity contribution >= 4 is 5.96 Å². The highest BCUT2D eigenvalue weighted by atomic mass is 15.3. The minimum Gasteiger partial charge on any atom is -0.351 e. The summed E-state index contributed by atoms with van der Waals surface area (Å²) in [5.41, 5.74) is 1.17. The third kappa shape index (κ3) is 4.15. The molecule has 0 heterocycles. The number of rotatable bonds is 4. The fourth-order valence-corrected chi connectivity index (χ4v) is 1.57. The smallest absolute Gasteiger partial charge is 0.210 e. The molecule has 0 aliphatic heterocycles. The summed E-state index contributed by atoms with van der Waals surface area (Å²) in [6, 6.07) is 10.1. The van der Waals surface area contributed by atoms with Crippen LogP contribution in [0.2, 0.25) is 0 Å². The third-order valence-corrected chi connectivity index (χ3v) is 2.51. The Balaban J connectivity index is 2.63. The van der Waals surface area contributed by atoms with Crippen molar-refractivity contribution < 1.29 is 0 Å². The van der Waals surface area contributed by atoms with Gasteiger partial charge in [-0.2, -0.15) is 5.26 Å². The van der Waals surface area contributed by atoms with Crippen LogP contribution in [0, 0.1) is 11.5 Å². The maximum Gasteiger partial charge on any atom is 0.210 e. The minimum absolute atomic E-state index is 0.640. The first-order valence-electron chi connectivity index (χ1n) is 5.81. The molecule has 1 aromatic carbocycles. The van der Waals surface area contributed by atoms with E-state index in [-0.39, 0.29) is 0 Å². The molecule has 0 unspecified atom stereocenters. The van der Waals surface area contributed by atoms with Crippen molar-refractivity contribution in [3.8, 4) is 6.19 Å². The van der Waals surface area contributed by atoms with Gasteiger partial charge in [0, 0.05) is 19.6 Å². The highest BCUT2D eigenvalue weighted by Crippen LogP contribution is 1.98. The largest absolute Gasteiger partial charge is 0.351 e. The maximum atomic E-state index is 8.67. The first-order valence-corrected chi connectivity index (χ1v) is 5.81. The third-order valence-electron chi connectivity index (χ3n) is 2.51. The lowest BCUT2D eigenvalue weighted by molar-refractivity contribution is 0.446. The number of aliphatic imine (C=N–C) groups is 1. The van der Waals surface area contributed by atoms with Gasteiger partial charge in [-0.3, -0.25) is 0 Å². The lowest BCUT2D eigenvalue weighted by Crippen LogP contribution is -2.40. The zero-order valence-electron chi connectivity index (χ0n) is 10.3. The van der Waals surface area contributed by atoms with Gasteiger partial charge in [0.25, 0.3) is 0 Å². The number of nitrogens with zero attached hydrogens (tertiary/aromatic N) is 3. The van der Waals surface area contributed by atoms with Crippen molar-refractivity contribution in [1.82, 2.24) is 10.2 Å². The molecule has 0 amide bonds. The van der Waals surface area contributed by atoms with Gasteiger partial charge in [-0.15, -0.1) is 4.99 Å². The average molecular weight is 230 g/mol. The summed E-state index contributed by atoms with van der Waals surface area (Å²) in [6.45, 7) is 6.43. The molecule has 1 aromatic rings. The molecule has 4 nitrogen and oxygen atoms in total. The Hall–Kier alpha value is -2.02. The maximum absolute atomic E-state index is 8.67. The van der Waals surface area contributed by atoms with E-state index in [4.69, 9.17) is 5.26 Å². The molecule has 0 aromatic heterocycles. The Labute approximate surface area is 103 Å². The monoisotopic (exact) mass is 230 g/mol. The molecule has 4 heteroatoms. The second kappa shape index (κ2) is 7.29. The first kappa shape index (κ1) is 13.0. The second-order valence-electron chi connectivity index (χ2n) is 3.55. The number of hydrogen-bond donors (Lipinski definition) is 1. The average Bonchev–Trinajstić information content (AvgIpc) is 2.38. The molecule has 0 aliphatic rings. The molecule has 0 spiro atoms. The van der Waals surface area contributed by atoms with Crippen LogP contribution >= 0.6 is 0 Å². The Bertz CT molecular complexity index is 388. The number of guanidine groups is 1. The topological polar surface area (TPSA) is 51.4 Å². The van der Waals surface area contributed by atoms with Gasteiger partial charge >= 0.3 is 0 Å². The van der Waals surface area contributed by atoms with Crippen LogP contribution in [0.1, 0.15) is 19.4 Å². The highest BCUT2D eigenvalue weighted by molar-refractivity contribution is 5.80.